The molecule has 3 rings (SSSR count). The first kappa shape index (κ1) is 16.5. The lowest BCUT2D eigenvalue weighted by Crippen LogP contribution is -2.33. The first-order chi connectivity index (χ1) is 11.5. The molecule has 1 atom stereocenters. The highest BCUT2D eigenvalue weighted by molar-refractivity contribution is 6.01. The van der Waals surface area contributed by atoms with Crippen LogP contribution in [-0.4, -0.2) is 37.4 Å². The van der Waals surface area contributed by atoms with E-state index >= 15 is 0 Å². The summed E-state index contributed by atoms with van der Waals surface area (Å²) in [5.74, 6) is -0.318. The molecule has 2 aliphatic rings. The highest BCUT2D eigenvalue weighted by atomic mass is 16.2. The van der Waals surface area contributed by atoms with E-state index in [1.807, 2.05) is 25.1 Å². The SMILES string of the molecule is CCCNC(=O)[C@H]1CC(=O)N(c2ccc3c(c2)CCN3C(C)=O)C1. The van der Waals surface area contributed by atoms with Crippen molar-refractivity contribution in [1.29, 1.82) is 0 Å². The molecule has 0 radical (unpaired) electrons. The van der Waals surface area contributed by atoms with Crippen LogP contribution in [0.15, 0.2) is 18.2 Å². The fourth-order valence-corrected chi connectivity index (χ4v) is 3.41. The Kier molecular flexibility index (Phi) is 4.55. The zero-order chi connectivity index (χ0) is 17.3. The first-order valence-electron chi connectivity index (χ1n) is 8.50. The Labute approximate surface area is 141 Å². The van der Waals surface area contributed by atoms with Gasteiger partial charge in [-0.15, -0.1) is 0 Å². The van der Waals surface area contributed by atoms with E-state index in [9.17, 15) is 14.4 Å². The Morgan fingerprint density at radius 3 is 2.83 bits per heavy atom. The van der Waals surface area contributed by atoms with Crippen LogP contribution in [0.3, 0.4) is 0 Å². The lowest BCUT2D eigenvalue weighted by atomic mass is 10.1. The zero-order valence-electron chi connectivity index (χ0n) is 14.2. The van der Waals surface area contributed by atoms with Crippen molar-refractivity contribution in [2.24, 2.45) is 5.92 Å². The molecule has 24 heavy (non-hydrogen) atoms. The molecule has 0 unspecified atom stereocenters. The summed E-state index contributed by atoms with van der Waals surface area (Å²) in [6.07, 6.45) is 1.94. The van der Waals surface area contributed by atoms with Crippen LogP contribution in [0.1, 0.15) is 32.3 Å². The Balaban J connectivity index is 1.75. The van der Waals surface area contributed by atoms with Crippen molar-refractivity contribution in [3.63, 3.8) is 0 Å². The molecular formula is C18H23N3O3. The average Bonchev–Trinajstić information content (AvgIpc) is 3.15. The molecule has 2 heterocycles. The molecule has 1 aromatic rings. The smallest absolute Gasteiger partial charge is 0.227 e. The fourth-order valence-electron chi connectivity index (χ4n) is 3.41. The molecule has 128 valence electrons. The van der Waals surface area contributed by atoms with Gasteiger partial charge < -0.3 is 15.1 Å². The summed E-state index contributed by atoms with van der Waals surface area (Å²) >= 11 is 0. The van der Waals surface area contributed by atoms with Crippen molar-refractivity contribution in [2.75, 3.05) is 29.4 Å². The average molecular weight is 329 g/mol. The number of anilines is 2. The lowest BCUT2D eigenvalue weighted by molar-refractivity contribution is -0.126. The summed E-state index contributed by atoms with van der Waals surface area (Å²) in [6.45, 7) is 5.31. The lowest BCUT2D eigenvalue weighted by Gasteiger charge is -2.19. The Morgan fingerprint density at radius 1 is 1.33 bits per heavy atom. The third-order valence-corrected chi connectivity index (χ3v) is 4.70. The van der Waals surface area contributed by atoms with Gasteiger partial charge in [0.2, 0.25) is 17.7 Å². The maximum atomic E-state index is 12.3. The van der Waals surface area contributed by atoms with Crippen molar-refractivity contribution in [3.8, 4) is 0 Å². The van der Waals surface area contributed by atoms with Crippen LogP contribution in [-0.2, 0) is 20.8 Å². The maximum absolute atomic E-state index is 12.3. The van der Waals surface area contributed by atoms with Crippen LogP contribution in [0, 0.1) is 5.92 Å². The van der Waals surface area contributed by atoms with Crippen LogP contribution >= 0.6 is 0 Å². The fraction of sp³-hybridized carbons (Fsp3) is 0.500. The molecule has 2 aliphatic heterocycles. The van der Waals surface area contributed by atoms with E-state index in [2.05, 4.69) is 5.32 Å². The van der Waals surface area contributed by atoms with Gasteiger partial charge in [-0.25, -0.2) is 0 Å². The molecule has 1 fully saturated rings. The van der Waals surface area contributed by atoms with Crippen LogP contribution < -0.4 is 15.1 Å². The number of carbonyl (C=O) groups excluding carboxylic acids is 3. The number of carbonyl (C=O) groups is 3. The van der Waals surface area contributed by atoms with Gasteiger partial charge in [-0.05, 0) is 36.6 Å². The van der Waals surface area contributed by atoms with Crippen molar-refractivity contribution in [2.45, 2.75) is 33.1 Å². The van der Waals surface area contributed by atoms with Crippen molar-refractivity contribution in [1.82, 2.24) is 5.32 Å². The van der Waals surface area contributed by atoms with Gasteiger partial charge in [-0.2, -0.15) is 0 Å². The topological polar surface area (TPSA) is 69.7 Å². The maximum Gasteiger partial charge on any atom is 0.227 e. The van der Waals surface area contributed by atoms with Crippen LogP contribution in [0.4, 0.5) is 11.4 Å². The highest BCUT2D eigenvalue weighted by Crippen LogP contribution is 2.34. The Morgan fingerprint density at radius 2 is 2.12 bits per heavy atom. The second kappa shape index (κ2) is 6.63. The summed E-state index contributed by atoms with van der Waals surface area (Å²) in [5.41, 5.74) is 2.82. The van der Waals surface area contributed by atoms with Gasteiger partial charge in [0.15, 0.2) is 0 Å². The third-order valence-electron chi connectivity index (χ3n) is 4.70. The second-order valence-electron chi connectivity index (χ2n) is 6.43. The molecule has 0 saturated carbocycles. The van der Waals surface area contributed by atoms with Crippen molar-refractivity contribution in [3.05, 3.63) is 23.8 Å². The number of fused-ring (bicyclic) bond motifs is 1. The largest absolute Gasteiger partial charge is 0.356 e. The molecule has 0 spiro atoms. The number of rotatable bonds is 4. The number of hydrogen-bond acceptors (Lipinski definition) is 3. The minimum atomic E-state index is -0.286. The van der Waals surface area contributed by atoms with Crippen molar-refractivity contribution >= 4 is 29.1 Å². The molecule has 6 heteroatoms. The van der Waals surface area contributed by atoms with Gasteiger partial charge in [0.05, 0.1) is 5.92 Å². The summed E-state index contributed by atoms with van der Waals surface area (Å²) < 4.78 is 0. The molecule has 1 saturated heterocycles. The minimum Gasteiger partial charge on any atom is -0.356 e. The van der Waals surface area contributed by atoms with E-state index in [4.69, 9.17) is 0 Å². The van der Waals surface area contributed by atoms with Gasteiger partial charge in [-0.3, -0.25) is 14.4 Å². The van der Waals surface area contributed by atoms with Crippen molar-refractivity contribution < 1.29 is 14.4 Å². The van der Waals surface area contributed by atoms with E-state index in [0.717, 1.165) is 29.8 Å². The number of benzene rings is 1. The van der Waals surface area contributed by atoms with Gasteiger partial charge in [0.1, 0.15) is 0 Å². The van der Waals surface area contributed by atoms with E-state index in [1.165, 1.54) is 0 Å². The summed E-state index contributed by atoms with van der Waals surface area (Å²) in [6, 6.07) is 5.74. The van der Waals surface area contributed by atoms with E-state index < -0.39 is 0 Å². The van der Waals surface area contributed by atoms with Crippen LogP contribution in [0.25, 0.3) is 0 Å². The second-order valence-corrected chi connectivity index (χ2v) is 6.43. The summed E-state index contributed by atoms with van der Waals surface area (Å²) in [4.78, 5) is 39.5. The molecule has 0 aromatic heterocycles. The minimum absolute atomic E-state index is 0.0204. The third kappa shape index (κ3) is 3.00. The molecule has 1 N–H and O–H groups in total. The molecular weight excluding hydrogens is 306 g/mol. The van der Waals surface area contributed by atoms with E-state index in [-0.39, 0.29) is 30.1 Å². The number of amides is 3. The predicted molar refractivity (Wildman–Crippen MR) is 91.9 cm³/mol. The predicted octanol–water partition coefficient (Wildman–Crippen LogP) is 1.47. The highest BCUT2D eigenvalue weighted by Gasteiger charge is 2.35. The number of nitrogens with zero attached hydrogens (tertiary/aromatic N) is 2. The zero-order valence-corrected chi connectivity index (χ0v) is 14.2. The van der Waals surface area contributed by atoms with Crippen LogP contribution in [0.2, 0.25) is 0 Å². The first-order valence-corrected chi connectivity index (χ1v) is 8.50. The monoisotopic (exact) mass is 329 g/mol. The molecule has 0 aliphatic carbocycles. The van der Waals surface area contributed by atoms with Gasteiger partial charge >= 0.3 is 0 Å². The molecule has 3 amide bonds. The normalized spacial score (nSPS) is 19.6. The molecule has 0 bridgehead atoms. The standard InChI is InChI=1S/C18H23N3O3/c1-3-7-19-18(24)14-10-17(23)21(11-14)15-4-5-16-13(9-15)6-8-20(16)12(2)22/h4-5,9,14H,3,6-8,10-11H2,1-2H3,(H,19,24)/t14-/m0/s1. The Bertz CT molecular complexity index is 686. The number of hydrogen-bond donors (Lipinski definition) is 1. The molecule has 6 nitrogen and oxygen atoms in total. The summed E-state index contributed by atoms with van der Waals surface area (Å²) in [5, 5.41) is 2.86. The van der Waals surface area contributed by atoms with Gasteiger partial charge in [-0.1, -0.05) is 6.92 Å². The van der Waals surface area contributed by atoms with Gasteiger partial charge in [0.25, 0.3) is 0 Å². The van der Waals surface area contributed by atoms with E-state index in [0.29, 0.717) is 19.6 Å². The summed E-state index contributed by atoms with van der Waals surface area (Å²) in [7, 11) is 0. The molecule has 1 aromatic carbocycles. The quantitative estimate of drug-likeness (QED) is 0.909. The Hall–Kier alpha value is -2.37. The van der Waals surface area contributed by atoms with Crippen LogP contribution in [0.5, 0.6) is 0 Å². The van der Waals surface area contributed by atoms with E-state index in [1.54, 1.807) is 16.7 Å². The number of nitrogens with one attached hydrogen (secondary N) is 1. The van der Waals surface area contributed by atoms with Gasteiger partial charge in [0, 0.05) is 44.4 Å².